The Morgan fingerprint density at radius 3 is 2.62 bits per heavy atom. The molecule has 0 fully saturated rings. The Labute approximate surface area is 156 Å². The van der Waals surface area contributed by atoms with Crippen molar-refractivity contribution in [2.45, 2.75) is 0 Å². The van der Waals surface area contributed by atoms with Gasteiger partial charge in [-0.25, -0.2) is 5.43 Å². The minimum atomic E-state index is -0.378. The molecule has 7 heteroatoms. The van der Waals surface area contributed by atoms with E-state index in [1.54, 1.807) is 18.3 Å². The summed E-state index contributed by atoms with van der Waals surface area (Å²) in [6, 6.07) is 16.8. The number of rotatable bonds is 5. The molecule has 2 N–H and O–H groups in total. The van der Waals surface area contributed by atoms with Crippen LogP contribution in [-0.2, 0) is 0 Å². The summed E-state index contributed by atoms with van der Waals surface area (Å²) in [4.78, 5) is 14.2. The van der Waals surface area contributed by atoms with Crippen LogP contribution in [0.5, 0.6) is 0 Å². The van der Waals surface area contributed by atoms with Crippen LogP contribution in [0.4, 0.5) is 5.69 Å². The van der Waals surface area contributed by atoms with Crippen LogP contribution >= 0.6 is 11.6 Å². The van der Waals surface area contributed by atoms with Crippen LogP contribution in [0.3, 0.4) is 0 Å². The Kier molecular flexibility index (Phi) is 5.34. The molecule has 6 nitrogen and oxygen atoms in total. The van der Waals surface area contributed by atoms with Crippen molar-refractivity contribution in [3.05, 3.63) is 70.9 Å². The van der Waals surface area contributed by atoms with Gasteiger partial charge < -0.3 is 4.90 Å². The number of hydrogen-bond donors (Lipinski definition) is 2. The third kappa shape index (κ3) is 4.10. The number of aromatic amines is 1. The number of carbonyl (C=O) groups excluding carboxylic acids is 1. The number of carbonyl (C=O) groups is 1. The van der Waals surface area contributed by atoms with E-state index in [4.69, 9.17) is 11.6 Å². The minimum Gasteiger partial charge on any atom is -0.378 e. The maximum atomic E-state index is 12.2. The Morgan fingerprint density at radius 2 is 1.92 bits per heavy atom. The van der Waals surface area contributed by atoms with Gasteiger partial charge in [-0.3, -0.25) is 9.89 Å². The molecule has 0 unspecified atom stereocenters. The monoisotopic (exact) mass is 367 g/mol. The maximum absolute atomic E-state index is 12.2. The van der Waals surface area contributed by atoms with Crippen LogP contribution in [0.1, 0.15) is 16.1 Å². The molecule has 0 aliphatic carbocycles. The third-order valence-corrected chi connectivity index (χ3v) is 4.09. The van der Waals surface area contributed by atoms with Gasteiger partial charge in [0.15, 0.2) is 0 Å². The van der Waals surface area contributed by atoms with Gasteiger partial charge in [0.25, 0.3) is 5.91 Å². The van der Waals surface area contributed by atoms with Crippen molar-refractivity contribution >= 4 is 29.4 Å². The molecule has 0 spiro atoms. The second-order valence-corrected chi connectivity index (χ2v) is 6.24. The second-order valence-electron chi connectivity index (χ2n) is 5.83. The van der Waals surface area contributed by atoms with E-state index < -0.39 is 0 Å². The van der Waals surface area contributed by atoms with Gasteiger partial charge in [-0.05, 0) is 29.8 Å². The molecular weight excluding hydrogens is 350 g/mol. The lowest BCUT2D eigenvalue weighted by molar-refractivity contribution is 0.0950. The van der Waals surface area contributed by atoms with Gasteiger partial charge in [0.05, 0.1) is 16.9 Å². The highest BCUT2D eigenvalue weighted by Crippen LogP contribution is 2.26. The van der Waals surface area contributed by atoms with Crippen LogP contribution in [0.25, 0.3) is 11.3 Å². The van der Waals surface area contributed by atoms with Crippen molar-refractivity contribution in [1.29, 1.82) is 0 Å². The molecule has 26 heavy (non-hydrogen) atoms. The summed E-state index contributed by atoms with van der Waals surface area (Å²) in [7, 11) is 3.95. The number of anilines is 1. The van der Waals surface area contributed by atoms with Gasteiger partial charge >= 0.3 is 0 Å². The Morgan fingerprint density at radius 1 is 1.19 bits per heavy atom. The number of nitrogens with zero attached hydrogens (tertiary/aromatic N) is 3. The molecule has 3 rings (SSSR count). The molecule has 1 amide bonds. The second kappa shape index (κ2) is 7.84. The molecule has 1 heterocycles. The summed E-state index contributed by atoms with van der Waals surface area (Å²) in [5, 5.41) is 11.4. The Balaban J connectivity index is 1.64. The van der Waals surface area contributed by atoms with E-state index in [0.29, 0.717) is 16.4 Å². The van der Waals surface area contributed by atoms with Crippen molar-refractivity contribution in [3.63, 3.8) is 0 Å². The van der Waals surface area contributed by atoms with Gasteiger partial charge in [-0.2, -0.15) is 10.2 Å². The standard InChI is InChI=1S/C19H18ClN5O/c1-25(2)14-9-7-13(8-10-14)12-21-24-19(26)18-11-17(22-23-18)15-5-3-4-6-16(15)20/h3-12H,1-2H3,(H,22,23)(H,24,26)/b21-12+. The topological polar surface area (TPSA) is 73.4 Å². The molecule has 2 aromatic carbocycles. The van der Waals surface area contributed by atoms with Crippen LogP contribution in [0.2, 0.25) is 5.02 Å². The van der Waals surface area contributed by atoms with E-state index in [1.807, 2.05) is 61.5 Å². The molecule has 0 bridgehead atoms. The lowest BCUT2D eigenvalue weighted by Gasteiger charge is -2.11. The summed E-state index contributed by atoms with van der Waals surface area (Å²) in [5.41, 5.74) is 6.12. The van der Waals surface area contributed by atoms with Crippen LogP contribution in [0, 0.1) is 0 Å². The summed E-state index contributed by atoms with van der Waals surface area (Å²) in [6.45, 7) is 0. The lowest BCUT2D eigenvalue weighted by Crippen LogP contribution is -2.18. The molecule has 3 aromatic rings. The van der Waals surface area contributed by atoms with Crippen molar-refractivity contribution in [3.8, 4) is 11.3 Å². The van der Waals surface area contributed by atoms with Crippen molar-refractivity contribution in [2.24, 2.45) is 5.10 Å². The summed E-state index contributed by atoms with van der Waals surface area (Å²) < 4.78 is 0. The van der Waals surface area contributed by atoms with E-state index >= 15 is 0 Å². The van der Waals surface area contributed by atoms with Crippen molar-refractivity contribution < 1.29 is 4.79 Å². The van der Waals surface area contributed by atoms with E-state index in [1.165, 1.54) is 0 Å². The number of nitrogens with one attached hydrogen (secondary N) is 2. The fourth-order valence-electron chi connectivity index (χ4n) is 2.33. The quantitative estimate of drug-likeness (QED) is 0.535. The first-order valence-corrected chi connectivity index (χ1v) is 8.33. The first-order chi connectivity index (χ1) is 12.5. The predicted molar refractivity (Wildman–Crippen MR) is 105 cm³/mol. The number of hydrogen-bond acceptors (Lipinski definition) is 4. The molecule has 0 aliphatic heterocycles. The van der Waals surface area contributed by atoms with Crippen molar-refractivity contribution in [2.75, 3.05) is 19.0 Å². The van der Waals surface area contributed by atoms with Crippen LogP contribution in [0.15, 0.2) is 59.7 Å². The largest absolute Gasteiger partial charge is 0.378 e. The highest BCUT2D eigenvalue weighted by molar-refractivity contribution is 6.33. The molecule has 132 valence electrons. The minimum absolute atomic E-state index is 0.306. The number of benzene rings is 2. The number of amides is 1. The van der Waals surface area contributed by atoms with Gasteiger partial charge in [-0.15, -0.1) is 0 Å². The Hall–Kier alpha value is -3.12. The number of halogens is 1. The molecule has 0 saturated heterocycles. The fourth-order valence-corrected chi connectivity index (χ4v) is 2.56. The van der Waals surface area contributed by atoms with Crippen LogP contribution < -0.4 is 10.3 Å². The van der Waals surface area contributed by atoms with E-state index in [0.717, 1.165) is 16.8 Å². The smallest absolute Gasteiger partial charge is 0.289 e. The average molecular weight is 368 g/mol. The normalized spacial score (nSPS) is 10.9. The molecular formula is C19H18ClN5O. The van der Waals surface area contributed by atoms with E-state index in [-0.39, 0.29) is 5.91 Å². The number of hydrazone groups is 1. The van der Waals surface area contributed by atoms with E-state index in [9.17, 15) is 4.79 Å². The average Bonchev–Trinajstić information content (AvgIpc) is 3.12. The van der Waals surface area contributed by atoms with Gasteiger partial charge in [0.1, 0.15) is 5.69 Å². The highest BCUT2D eigenvalue weighted by Gasteiger charge is 2.12. The number of H-pyrrole nitrogens is 1. The summed E-state index contributed by atoms with van der Waals surface area (Å²) >= 11 is 6.15. The zero-order chi connectivity index (χ0) is 18.5. The molecule has 0 radical (unpaired) electrons. The fraction of sp³-hybridized carbons (Fsp3) is 0.105. The zero-order valence-electron chi connectivity index (χ0n) is 14.4. The maximum Gasteiger partial charge on any atom is 0.289 e. The third-order valence-electron chi connectivity index (χ3n) is 3.76. The van der Waals surface area contributed by atoms with E-state index in [2.05, 4.69) is 20.7 Å². The molecule has 0 aliphatic rings. The molecule has 0 atom stereocenters. The van der Waals surface area contributed by atoms with Gasteiger partial charge in [0, 0.05) is 25.3 Å². The first-order valence-electron chi connectivity index (χ1n) is 7.95. The predicted octanol–water partition coefficient (Wildman–Crippen LogP) is 3.56. The molecule has 0 saturated carbocycles. The number of aromatic nitrogens is 2. The zero-order valence-corrected chi connectivity index (χ0v) is 15.2. The van der Waals surface area contributed by atoms with Crippen LogP contribution in [-0.4, -0.2) is 36.4 Å². The SMILES string of the molecule is CN(C)c1ccc(/C=N/NC(=O)c2cc(-c3ccccc3Cl)n[nH]2)cc1. The molecule has 1 aromatic heterocycles. The van der Waals surface area contributed by atoms with Crippen molar-refractivity contribution in [1.82, 2.24) is 15.6 Å². The Bertz CT molecular complexity index is 931. The highest BCUT2D eigenvalue weighted by atomic mass is 35.5. The van der Waals surface area contributed by atoms with Gasteiger partial charge in [0.2, 0.25) is 0 Å². The van der Waals surface area contributed by atoms with Gasteiger partial charge in [-0.1, -0.05) is 41.9 Å². The summed E-state index contributed by atoms with van der Waals surface area (Å²) in [6.07, 6.45) is 1.59. The first kappa shape index (κ1) is 17.7. The lowest BCUT2D eigenvalue weighted by atomic mass is 10.1. The summed E-state index contributed by atoms with van der Waals surface area (Å²) in [5.74, 6) is -0.378.